The van der Waals surface area contributed by atoms with Gasteiger partial charge in [-0.15, -0.1) is 0 Å². The molecule has 4 heteroatoms. The van der Waals surface area contributed by atoms with Crippen molar-refractivity contribution in [2.45, 2.75) is 40.7 Å². The number of nitrogens with zero attached hydrogens (tertiary/aromatic N) is 2. The average molecular weight is 285 g/mol. The Kier molecular flexibility index (Phi) is 5.28. The standard InChI is InChI=1S/C17H23N3O/c1-5-6-18-9-15-10-19-17(20-11-15)21-16-8-12(2)7-13(3)14(16)4/h7-8,10-11,18H,5-6,9H2,1-4H3. The van der Waals surface area contributed by atoms with Gasteiger partial charge in [0.25, 0.3) is 0 Å². The number of aryl methyl sites for hydroxylation is 2. The number of benzene rings is 1. The maximum Gasteiger partial charge on any atom is 0.321 e. The maximum atomic E-state index is 5.81. The Hall–Kier alpha value is -1.94. The molecule has 4 nitrogen and oxygen atoms in total. The van der Waals surface area contributed by atoms with Crippen molar-refractivity contribution in [3.8, 4) is 11.8 Å². The first-order valence-electron chi connectivity index (χ1n) is 7.37. The SMILES string of the molecule is CCCNCc1cnc(Oc2cc(C)cc(C)c2C)nc1. The first-order chi connectivity index (χ1) is 10.1. The molecule has 0 unspecified atom stereocenters. The highest BCUT2D eigenvalue weighted by molar-refractivity contribution is 5.43. The molecule has 1 N–H and O–H groups in total. The normalized spacial score (nSPS) is 10.7. The van der Waals surface area contributed by atoms with Gasteiger partial charge in [-0.1, -0.05) is 13.0 Å². The summed E-state index contributed by atoms with van der Waals surface area (Å²) >= 11 is 0. The van der Waals surface area contributed by atoms with Crippen LogP contribution in [0.15, 0.2) is 24.5 Å². The summed E-state index contributed by atoms with van der Waals surface area (Å²) < 4.78 is 5.81. The molecule has 0 atom stereocenters. The Morgan fingerprint density at radius 3 is 2.48 bits per heavy atom. The van der Waals surface area contributed by atoms with Gasteiger partial charge in [0.1, 0.15) is 5.75 Å². The van der Waals surface area contributed by atoms with Crippen molar-refractivity contribution in [2.24, 2.45) is 0 Å². The van der Waals surface area contributed by atoms with Gasteiger partial charge in [-0.25, -0.2) is 9.97 Å². The second-order valence-electron chi connectivity index (χ2n) is 5.36. The summed E-state index contributed by atoms with van der Waals surface area (Å²) in [7, 11) is 0. The highest BCUT2D eigenvalue weighted by Crippen LogP contribution is 2.26. The third-order valence-corrected chi connectivity index (χ3v) is 3.40. The largest absolute Gasteiger partial charge is 0.424 e. The highest BCUT2D eigenvalue weighted by atomic mass is 16.5. The molecule has 0 spiro atoms. The van der Waals surface area contributed by atoms with Gasteiger partial charge in [0, 0.05) is 24.5 Å². The number of rotatable bonds is 6. The average Bonchev–Trinajstić information content (AvgIpc) is 2.46. The molecule has 0 fully saturated rings. The molecule has 0 saturated carbocycles. The molecule has 0 aliphatic rings. The van der Waals surface area contributed by atoms with Gasteiger partial charge in [0.05, 0.1) is 0 Å². The van der Waals surface area contributed by atoms with Crippen molar-refractivity contribution in [1.29, 1.82) is 0 Å². The Balaban J connectivity index is 2.07. The molecule has 21 heavy (non-hydrogen) atoms. The van der Waals surface area contributed by atoms with Crippen LogP contribution in [0.2, 0.25) is 0 Å². The van der Waals surface area contributed by atoms with Crippen LogP contribution in [0.5, 0.6) is 11.8 Å². The van der Waals surface area contributed by atoms with Gasteiger partial charge in [-0.2, -0.15) is 0 Å². The summed E-state index contributed by atoms with van der Waals surface area (Å²) in [6, 6.07) is 4.55. The highest BCUT2D eigenvalue weighted by Gasteiger charge is 2.07. The Morgan fingerprint density at radius 1 is 1.10 bits per heavy atom. The van der Waals surface area contributed by atoms with E-state index < -0.39 is 0 Å². The Bertz CT molecular complexity index is 594. The molecule has 1 aromatic heterocycles. The summed E-state index contributed by atoms with van der Waals surface area (Å²) in [5, 5.41) is 3.32. The molecule has 0 aliphatic carbocycles. The van der Waals surface area contributed by atoms with Gasteiger partial charge < -0.3 is 10.1 Å². The van der Waals surface area contributed by atoms with Crippen LogP contribution in [0, 0.1) is 20.8 Å². The van der Waals surface area contributed by atoms with E-state index in [-0.39, 0.29) is 0 Å². The zero-order valence-electron chi connectivity index (χ0n) is 13.2. The van der Waals surface area contributed by atoms with Crippen molar-refractivity contribution in [1.82, 2.24) is 15.3 Å². The molecule has 1 heterocycles. The summed E-state index contributed by atoms with van der Waals surface area (Å²) in [4.78, 5) is 8.56. The van der Waals surface area contributed by atoms with E-state index in [0.717, 1.165) is 36.4 Å². The van der Waals surface area contributed by atoms with Crippen molar-refractivity contribution in [2.75, 3.05) is 6.54 Å². The molecular weight excluding hydrogens is 262 g/mol. The molecular formula is C17H23N3O. The van der Waals surface area contributed by atoms with Crippen LogP contribution in [0.3, 0.4) is 0 Å². The third-order valence-electron chi connectivity index (χ3n) is 3.40. The smallest absolute Gasteiger partial charge is 0.321 e. The molecule has 0 amide bonds. The van der Waals surface area contributed by atoms with E-state index in [2.05, 4.69) is 42.1 Å². The number of ether oxygens (including phenoxy) is 1. The first kappa shape index (κ1) is 15.4. The van der Waals surface area contributed by atoms with Gasteiger partial charge in [-0.05, 0) is 56.5 Å². The van der Waals surface area contributed by atoms with Crippen LogP contribution in [0.1, 0.15) is 35.6 Å². The molecule has 1 aromatic carbocycles. The van der Waals surface area contributed by atoms with Crippen molar-refractivity contribution in [3.63, 3.8) is 0 Å². The first-order valence-corrected chi connectivity index (χ1v) is 7.37. The lowest BCUT2D eigenvalue weighted by Crippen LogP contribution is -2.14. The lowest BCUT2D eigenvalue weighted by Gasteiger charge is -2.11. The minimum Gasteiger partial charge on any atom is -0.424 e. The minimum absolute atomic E-state index is 0.391. The predicted octanol–water partition coefficient (Wildman–Crippen LogP) is 3.69. The second-order valence-corrected chi connectivity index (χ2v) is 5.36. The fourth-order valence-electron chi connectivity index (χ4n) is 2.10. The van der Waals surface area contributed by atoms with Crippen LogP contribution in [0.4, 0.5) is 0 Å². The maximum absolute atomic E-state index is 5.81. The monoisotopic (exact) mass is 285 g/mol. The van der Waals surface area contributed by atoms with E-state index in [9.17, 15) is 0 Å². The number of nitrogens with one attached hydrogen (secondary N) is 1. The topological polar surface area (TPSA) is 47.0 Å². The lowest BCUT2D eigenvalue weighted by molar-refractivity contribution is 0.437. The van der Waals surface area contributed by atoms with E-state index in [0.29, 0.717) is 6.01 Å². The van der Waals surface area contributed by atoms with Crippen molar-refractivity contribution in [3.05, 3.63) is 46.8 Å². The van der Waals surface area contributed by atoms with Gasteiger partial charge in [0.15, 0.2) is 0 Å². The second kappa shape index (κ2) is 7.18. The number of hydrogen-bond acceptors (Lipinski definition) is 4. The van der Waals surface area contributed by atoms with Crippen molar-refractivity contribution < 1.29 is 4.74 Å². The molecule has 0 saturated heterocycles. The van der Waals surface area contributed by atoms with E-state index in [1.165, 1.54) is 11.1 Å². The third kappa shape index (κ3) is 4.26. The van der Waals surface area contributed by atoms with E-state index in [1.54, 1.807) is 0 Å². The Labute approximate surface area is 126 Å². The molecule has 0 aliphatic heterocycles. The van der Waals surface area contributed by atoms with Crippen LogP contribution >= 0.6 is 0 Å². The van der Waals surface area contributed by atoms with Crippen LogP contribution in [0.25, 0.3) is 0 Å². The minimum atomic E-state index is 0.391. The molecule has 2 rings (SSSR count). The number of hydrogen-bond donors (Lipinski definition) is 1. The van der Waals surface area contributed by atoms with Gasteiger partial charge in [0.2, 0.25) is 0 Å². The fourth-order valence-corrected chi connectivity index (χ4v) is 2.10. The van der Waals surface area contributed by atoms with E-state index in [4.69, 9.17) is 4.74 Å². The van der Waals surface area contributed by atoms with Crippen LogP contribution < -0.4 is 10.1 Å². The zero-order chi connectivity index (χ0) is 15.2. The Morgan fingerprint density at radius 2 is 1.81 bits per heavy atom. The van der Waals surface area contributed by atoms with E-state index in [1.807, 2.05) is 25.4 Å². The number of aromatic nitrogens is 2. The summed E-state index contributed by atoms with van der Waals surface area (Å²) in [6.45, 7) is 10.1. The lowest BCUT2D eigenvalue weighted by atomic mass is 10.1. The van der Waals surface area contributed by atoms with Gasteiger partial charge in [-0.3, -0.25) is 0 Å². The molecule has 2 aromatic rings. The molecule has 112 valence electrons. The fraction of sp³-hybridized carbons (Fsp3) is 0.412. The van der Waals surface area contributed by atoms with Crippen molar-refractivity contribution >= 4 is 0 Å². The predicted molar refractivity (Wildman–Crippen MR) is 84.8 cm³/mol. The summed E-state index contributed by atoms with van der Waals surface area (Å²) in [5.74, 6) is 0.823. The summed E-state index contributed by atoms with van der Waals surface area (Å²) in [5.41, 5.74) is 4.57. The van der Waals surface area contributed by atoms with Gasteiger partial charge >= 0.3 is 6.01 Å². The van der Waals surface area contributed by atoms with Crippen LogP contribution in [-0.4, -0.2) is 16.5 Å². The zero-order valence-corrected chi connectivity index (χ0v) is 13.2. The van der Waals surface area contributed by atoms with E-state index >= 15 is 0 Å². The van der Waals surface area contributed by atoms with Crippen LogP contribution in [-0.2, 0) is 6.54 Å². The molecule has 0 radical (unpaired) electrons. The molecule has 0 bridgehead atoms. The summed E-state index contributed by atoms with van der Waals surface area (Å²) in [6.07, 6.45) is 4.74. The quantitative estimate of drug-likeness (QED) is 0.822.